The third-order valence-electron chi connectivity index (χ3n) is 3.89. The van der Waals surface area contributed by atoms with Crippen molar-refractivity contribution in [2.45, 2.75) is 44.7 Å². The summed E-state index contributed by atoms with van der Waals surface area (Å²) in [5.74, 6) is -0.616. The number of aliphatic carboxylic acids is 1. The van der Waals surface area contributed by atoms with Gasteiger partial charge in [-0.1, -0.05) is 12.1 Å². The number of nitrogens with zero attached hydrogens (tertiary/aromatic N) is 2. The Kier molecular flexibility index (Phi) is 3.83. The van der Waals surface area contributed by atoms with Crippen molar-refractivity contribution in [1.29, 1.82) is 0 Å². The average molecular weight is 302 g/mol. The first-order valence-corrected chi connectivity index (χ1v) is 7.44. The third kappa shape index (κ3) is 2.95. The van der Waals surface area contributed by atoms with Crippen LogP contribution in [0.2, 0.25) is 0 Å². The van der Waals surface area contributed by atoms with Crippen LogP contribution in [0.5, 0.6) is 0 Å². The van der Waals surface area contributed by atoms with Crippen molar-refractivity contribution >= 4 is 23.0 Å². The molecule has 1 unspecified atom stereocenters. The molecule has 0 bridgehead atoms. The lowest BCUT2D eigenvalue weighted by Crippen LogP contribution is -2.44. The Morgan fingerprint density at radius 3 is 2.77 bits per heavy atom. The molecule has 1 saturated carbocycles. The molecule has 6 nitrogen and oxygen atoms in total. The highest BCUT2D eigenvalue weighted by atomic mass is 16.4. The van der Waals surface area contributed by atoms with Gasteiger partial charge in [-0.15, -0.1) is 0 Å². The number of aryl methyl sites for hydroxylation is 1. The molecule has 1 fully saturated rings. The summed E-state index contributed by atoms with van der Waals surface area (Å²) in [6, 6.07) is 6.71. The smallest absolute Gasteiger partial charge is 0.326 e. The van der Waals surface area contributed by atoms with Gasteiger partial charge in [-0.05, 0) is 31.9 Å². The topological polar surface area (TPSA) is 83.6 Å². The number of rotatable bonds is 6. The predicted molar refractivity (Wildman–Crippen MR) is 79.3 cm³/mol. The van der Waals surface area contributed by atoms with Gasteiger partial charge in [0.2, 0.25) is 5.91 Å². The van der Waals surface area contributed by atoms with Crippen LogP contribution in [0.4, 0.5) is 0 Å². The van der Waals surface area contributed by atoms with Gasteiger partial charge in [0, 0.05) is 18.9 Å². The number of amides is 1. The maximum absolute atomic E-state index is 12.4. The Hall–Kier alpha value is -2.37. The average Bonchev–Trinajstić information content (AvgIpc) is 3.23. The number of carbonyl (C=O) groups excluding carboxylic acids is 1. The summed E-state index contributed by atoms with van der Waals surface area (Å²) in [5, 5.41) is 9.13. The van der Waals surface area contributed by atoms with Gasteiger partial charge >= 0.3 is 5.97 Å². The molecule has 0 saturated heterocycles. The van der Waals surface area contributed by atoms with Crippen LogP contribution in [0.15, 0.2) is 28.7 Å². The van der Waals surface area contributed by atoms with E-state index in [-0.39, 0.29) is 18.4 Å². The molecule has 0 aliphatic heterocycles. The first kappa shape index (κ1) is 14.6. The largest absolute Gasteiger partial charge is 0.480 e. The maximum Gasteiger partial charge on any atom is 0.326 e. The molecule has 0 spiro atoms. The van der Waals surface area contributed by atoms with E-state index in [1.807, 2.05) is 24.3 Å². The summed E-state index contributed by atoms with van der Waals surface area (Å²) in [6.07, 6.45) is 2.35. The number of carbonyl (C=O) groups is 2. The second-order valence-electron chi connectivity index (χ2n) is 5.62. The molecule has 1 aliphatic carbocycles. The highest BCUT2D eigenvalue weighted by molar-refractivity contribution is 5.84. The van der Waals surface area contributed by atoms with Crippen LogP contribution < -0.4 is 0 Å². The van der Waals surface area contributed by atoms with Crippen molar-refractivity contribution in [3.63, 3.8) is 0 Å². The molecule has 1 heterocycles. The minimum atomic E-state index is -0.970. The highest BCUT2D eigenvalue weighted by Crippen LogP contribution is 2.29. The van der Waals surface area contributed by atoms with Crippen LogP contribution in [0.25, 0.3) is 11.1 Å². The molecule has 22 heavy (non-hydrogen) atoms. The predicted octanol–water partition coefficient (Wildman–Crippen LogP) is 2.22. The van der Waals surface area contributed by atoms with Gasteiger partial charge in [-0.2, -0.15) is 0 Å². The number of benzene rings is 1. The zero-order chi connectivity index (χ0) is 15.7. The zero-order valence-electron chi connectivity index (χ0n) is 12.4. The lowest BCUT2D eigenvalue weighted by molar-refractivity contribution is -0.150. The molecule has 116 valence electrons. The van der Waals surface area contributed by atoms with Gasteiger partial charge in [-0.3, -0.25) is 4.79 Å². The van der Waals surface area contributed by atoms with E-state index in [1.165, 1.54) is 4.90 Å². The van der Waals surface area contributed by atoms with Gasteiger partial charge in [-0.25, -0.2) is 9.78 Å². The van der Waals surface area contributed by atoms with E-state index >= 15 is 0 Å². The summed E-state index contributed by atoms with van der Waals surface area (Å²) in [5.41, 5.74) is 1.46. The van der Waals surface area contributed by atoms with Crippen molar-refractivity contribution in [2.75, 3.05) is 0 Å². The van der Waals surface area contributed by atoms with Crippen molar-refractivity contribution in [3.8, 4) is 0 Å². The summed E-state index contributed by atoms with van der Waals surface area (Å²) in [6.45, 7) is 1.55. The van der Waals surface area contributed by atoms with E-state index in [2.05, 4.69) is 4.98 Å². The van der Waals surface area contributed by atoms with Gasteiger partial charge < -0.3 is 14.4 Å². The van der Waals surface area contributed by atoms with Crippen LogP contribution in [-0.2, 0) is 16.0 Å². The van der Waals surface area contributed by atoms with Gasteiger partial charge in [0.25, 0.3) is 0 Å². The Labute approximate surface area is 127 Å². The number of carboxylic acid groups (broad SMARTS) is 1. The van der Waals surface area contributed by atoms with E-state index in [1.54, 1.807) is 6.92 Å². The van der Waals surface area contributed by atoms with E-state index < -0.39 is 12.0 Å². The normalized spacial score (nSPS) is 15.7. The summed E-state index contributed by atoms with van der Waals surface area (Å²) in [7, 11) is 0. The second kappa shape index (κ2) is 5.79. The Morgan fingerprint density at radius 2 is 2.14 bits per heavy atom. The Bertz CT molecular complexity index is 672. The van der Waals surface area contributed by atoms with Gasteiger partial charge in [0.05, 0.1) is 0 Å². The number of hydrogen-bond acceptors (Lipinski definition) is 4. The molecule has 1 amide bonds. The van der Waals surface area contributed by atoms with Gasteiger partial charge in [0.15, 0.2) is 11.5 Å². The molecule has 2 aromatic rings. The molecule has 1 aromatic heterocycles. The van der Waals surface area contributed by atoms with Crippen LogP contribution in [0, 0.1) is 0 Å². The molecule has 1 aromatic carbocycles. The fraction of sp³-hybridized carbons (Fsp3) is 0.438. The molecular formula is C16H18N2O4. The molecule has 1 N–H and O–H groups in total. The van der Waals surface area contributed by atoms with Crippen LogP contribution in [-0.4, -0.2) is 39.0 Å². The fourth-order valence-corrected chi connectivity index (χ4v) is 2.58. The van der Waals surface area contributed by atoms with Crippen LogP contribution in [0.3, 0.4) is 0 Å². The van der Waals surface area contributed by atoms with Crippen molar-refractivity contribution in [1.82, 2.24) is 9.88 Å². The molecule has 1 aliphatic rings. The first-order chi connectivity index (χ1) is 10.6. The standard InChI is InChI=1S/C16H18N2O4/c1-10(16(20)21)18(11-6-7-11)15(19)9-8-14-17-12-4-2-3-5-13(12)22-14/h2-5,10-11H,6-9H2,1H3,(H,20,21). The third-order valence-corrected chi connectivity index (χ3v) is 3.89. The monoisotopic (exact) mass is 302 g/mol. The van der Waals surface area contributed by atoms with Crippen molar-refractivity contribution < 1.29 is 19.1 Å². The van der Waals surface area contributed by atoms with Crippen molar-refractivity contribution in [3.05, 3.63) is 30.2 Å². The molecular weight excluding hydrogens is 284 g/mol. The Balaban J connectivity index is 1.66. The minimum Gasteiger partial charge on any atom is -0.480 e. The second-order valence-corrected chi connectivity index (χ2v) is 5.62. The van der Waals surface area contributed by atoms with Crippen LogP contribution in [0.1, 0.15) is 32.1 Å². The van der Waals surface area contributed by atoms with E-state index in [0.717, 1.165) is 18.4 Å². The maximum atomic E-state index is 12.4. The lowest BCUT2D eigenvalue weighted by Gasteiger charge is -2.26. The Morgan fingerprint density at radius 1 is 1.41 bits per heavy atom. The number of oxazole rings is 1. The summed E-state index contributed by atoms with van der Waals surface area (Å²) in [4.78, 5) is 29.3. The van der Waals surface area contributed by atoms with E-state index in [9.17, 15) is 9.59 Å². The fourth-order valence-electron chi connectivity index (χ4n) is 2.58. The van der Waals surface area contributed by atoms with Crippen molar-refractivity contribution in [2.24, 2.45) is 0 Å². The molecule has 6 heteroatoms. The van der Waals surface area contributed by atoms with E-state index in [0.29, 0.717) is 17.9 Å². The summed E-state index contributed by atoms with van der Waals surface area (Å²) < 4.78 is 5.58. The quantitative estimate of drug-likeness (QED) is 0.884. The summed E-state index contributed by atoms with van der Waals surface area (Å²) >= 11 is 0. The molecule has 0 radical (unpaired) electrons. The molecule has 1 atom stereocenters. The number of hydrogen-bond donors (Lipinski definition) is 1. The number of carboxylic acids is 1. The lowest BCUT2D eigenvalue weighted by atomic mass is 10.2. The first-order valence-electron chi connectivity index (χ1n) is 7.44. The highest BCUT2D eigenvalue weighted by Gasteiger charge is 2.38. The minimum absolute atomic E-state index is 0.0715. The number of aromatic nitrogens is 1. The van der Waals surface area contributed by atoms with Gasteiger partial charge in [0.1, 0.15) is 11.6 Å². The number of para-hydroxylation sites is 2. The molecule has 3 rings (SSSR count). The SMILES string of the molecule is CC(C(=O)O)N(C(=O)CCc1nc2ccccc2o1)C1CC1. The zero-order valence-corrected chi connectivity index (χ0v) is 12.4. The number of fused-ring (bicyclic) bond motifs is 1. The van der Waals surface area contributed by atoms with E-state index in [4.69, 9.17) is 9.52 Å². The van der Waals surface area contributed by atoms with Crippen LogP contribution >= 0.6 is 0 Å².